The first kappa shape index (κ1) is 12.5. The molecule has 2 N–H and O–H groups in total. The van der Waals surface area contributed by atoms with Crippen molar-refractivity contribution in [2.75, 3.05) is 6.61 Å². The quantitative estimate of drug-likeness (QED) is 0.730. The molecule has 1 saturated carbocycles. The Labute approximate surface area is 92.4 Å². The van der Waals surface area contributed by atoms with E-state index in [9.17, 15) is 4.79 Å². The number of hydrogen-bond acceptors (Lipinski definition) is 3. The molecule has 0 saturated heterocycles. The van der Waals surface area contributed by atoms with E-state index in [4.69, 9.17) is 10.5 Å². The predicted molar refractivity (Wildman–Crippen MR) is 60.3 cm³/mol. The molecule has 15 heavy (non-hydrogen) atoms. The van der Waals surface area contributed by atoms with Crippen LogP contribution in [-0.2, 0) is 9.53 Å². The molecule has 0 radical (unpaired) electrons. The monoisotopic (exact) mass is 213 g/mol. The van der Waals surface area contributed by atoms with E-state index < -0.39 is 0 Å². The minimum atomic E-state index is -0.101. The first-order valence-electron chi connectivity index (χ1n) is 5.86. The van der Waals surface area contributed by atoms with Gasteiger partial charge in [-0.05, 0) is 37.5 Å². The summed E-state index contributed by atoms with van der Waals surface area (Å²) in [5.74, 6) is 0.198. The van der Waals surface area contributed by atoms with Gasteiger partial charge in [-0.1, -0.05) is 13.8 Å². The molecule has 2 atom stereocenters. The third-order valence-electron chi connectivity index (χ3n) is 3.31. The molecule has 0 aromatic heterocycles. The molecule has 1 fully saturated rings. The fourth-order valence-corrected chi connectivity index (χ4v) is 2.41. The highest BCUT2D eigenvalue weighted by atomic mass is 16.5. The summed E-state index contributed by atoms with van der Waals surface area (Å²) in [5.41, 5.74) is 6.36. The number of rotatable bonds is 3. The van der Waals surface area contributed by atoms with Crippen LogP contribution in [0.15, 0.2) is 0 Å². The molecule has 0 bridgehead atoms. The number of ether oxygens (including phenoxy) is 1. The Balaban J connectivity index is 2.48. The highest BCUT2D eigenvalue weighted by Crippen LogP contribution is 2.39. The molecule has 0 heterocycles. The maximum atomic E-state index is 11.4. The molecule has 0 aromatic carbocycles. The van der Waals surface area contributed by atoms with Gasteiger partial charge in [0, 0.05) is 12.5 Å². The lowest BCUT2D eigenvalue weighted by molar-refractivity contribution is -0.145. The van der Waals surface area contributed by atoms with E-state index in [0.717, 1.165) is 19.3 Å². The second kappa shape index (κ2) is 4.97. The Morgan fingerprint density at radius 3 is 2.80 bits per heavy atom. The number of carbonyl (C=O) groups is 1. The molecule has 0 aliphatic heterocycles. The summed E-state index contributed by atoms with van der Waals surface area (Å²) < 4.78 is 4.97. The number of carbonyl (C=O) groups excluding carboxylic acids is 1. The molecule has 1 aliphatic rings. The lowest BCUT2D eigenvalue weighted by Gasteiger charge is -2.38. The highest BCUT2D eigenvalue weighted by Gasteiger charge is 2.34. The Bertz CT molecular complexity index is 226. The summed E-state index contributed by atoms with van der Waals surface area (Å²) in [6.07, 6.45) is 3.70. The highest BCUT2D eigenvalue weighted by molar-refractivity contribution is 5.69. The molecule has 0 amide bonds. The topological polar surface area (TPSA) is 52.3 Å². The predicted octanol–water partition coefficient (Wildman–Crippen LogP) is 2.09. The molecule has 0 spiro atoms. The summed E-state index contributed by atoms with van der Waals surface area (Å²) in [5, 5.41) is 0. The zero-order chi connectivity index (χ0) is 11.5. The van der Waals surface area contributed by atoms with Crippen LogP contribution in [0.3, 0.4) is 0 Å². The van der Waals surface area contributed by atoms with Gasteiger partial charge in [0.2, 0.25) is 0 Å². The molecule has 1 rings (SSSR count). The first-order chi connectivity index (χ1) is 6.94. The summed E-state index contributed by atoms with van der Waals surface area (Å²) in [6.45, 7) is 6.79. The fourth-order valence-electron chi connectivity index (χ4n) is 2.41. The van der Waals surface area contributed by atoms with Crippen LogP contribution in [0.5, 0.6) is 0 Å². The van der Waals surface area contributed by atoms with E-state index in [2.05, 4.69) is 13.8 Å². The van der Waals surface area contributed by atoms with Crippen molar-refractivity contribution in [3.8, 4) is 0 Å². The molecule has 1 aliphatic carbocycles. The maximum absolute atomic E-state index is 11.4. The van der Waals surface area contributed by atoms with Crippen LogP contribution in [0.25, 0.3) is 0 Å². The summed E-state index contributed by atoms with van der Waals surface area (Å²) in [4.78, 5) is 11.4. The fraction of sp³-hybridized carbons (Fsp3) is 0.917. The van der Waals surface area contributed by atoms with E-state index in [0.29, 0.717) is 24.4 Å². The van der Waals surface area contributed by atoms with Crippen LogP contribution in [0.1, 0.15) is 46.5 Å². The maximum Gasteiger partial charge on any atom is 0.306 e. The average molecular weight is 213 g/mol. The van der Waals surface area contributed by atoms with Crippen LogP contribution in [-0.4, -0.2) is 18.6 Å². The van der Waals surface area contributed by atoms with E-state index >= 15 is 0 Å². The van der Waals surface area contributed by atoms with Crippen molar-refractivity contribution in [3.63, 3.8) is 0 Å². The largest absolute Gasteiger partial charge is 0.466 e. The van der Waals surface area contributed by atoms with E-state index in [1.165, 1.54) is 0 Å². The van der Waals surface area contributed by atoms with Crippen LogP contribution in [0, 0.1) is 11.3 Å². The number of hydrogen-bond donors (Lipinski definition) is 1. The zero-order valence-electron chi connectivity index (χ0n) is 10.1. The summed E-state index contributed by atoms with van der Waals surface area (Å²) >= 11 is 0. The van der Waals surface area contributed by atoms with Crippen molar-refractivity contribution < 1.29 is 9.53 Å². The first-order valence-corrected chi connectivity index (χ1v) is 5.86. The SMILES string of the molecule is CCOC(=O)CC1CC(C)(C)CCC1N. The molecular weight excluding hydrogens is 190 g/mol. The molecular formula is C12H23NO2. The van der Waals surface area contributed by atoms with Crippen molar-refractivity contribution in [3.05, 3.63) is 0 Å². The van der Waals surface area contributed by atoms with Crippen molar-refractivity contribution in [1.82, 2.24) is 0 Å². The van der Waals surface area contributed by atoms with Gasteiger partial charge >= 0.3 is 5.97 Å². The van der Waals surface area contributed by atoms with Crippen LogP contribution in [0.2, 0.25) is 0 Å². The van der Waals surface area contributed by atoms with Crippen LogP contribution >= 0.6 is 0 Å². The number of nitrogens with two attached hydrogens (primary N) is 1. The van der Waals surface area contributed by atoms with E-state index in [-0.39, 0.29) is 12.0 Å². The molecule has 3 heteroatoms. The van der Waals surface area contributed by atoms with Crippen molar-refractivity contribution >= 4 is 5.97 Å². The zero-order valence-corrected chi connectivity index (χ0v) is 10.1. The van der Waals surface area contributed by atoms with Crippen molar-refractivity contribution in [2.45, 2.75) is 52.5 Å². The van der Waals surface area contributed by atoms with Crippen molar-refractivity contribution in [1.29, 1.82) is 0 Å². The van der Waals surface area contributed by atoms with Gasteiger partial charge in [0.25, 0.3) is 0 Å². The standard InChI is InChI=1S/C12H23NO2/c1-4-15-11(14)7-9-8-12(2,3)6-5-10(9)13/h9-10H,4-8,13H2,1-3H3. The van der Waals surface area contributed by atoms with Crippen molar-refractivity contribution in [2.24, 2.45) is 17.1 Å². The smallest absolute Gasteiger partial charge is 0.306 e. The Hall–Kier alpha value is -0.570. The molecule has 0 aromatic rings. The van der Waals surface area contributed by atoms with E-state index in [1.807, 2.05) is 6.92 Å². The third kappa shape index (κ3) is 3.82. The van der Waals surface area contributed by atoms with Crippen LogP contribution < -0.4 is 5.73 Å². The van der Waals surface area contributed by atoms with Gasteiger partial charge in [-0.15, -0.1) is 0 Å². The second-order valence-corrected chi connectivity index (χ2v) is 5.34. The Morgan fingerprint density at radius 1 is 1.53 bits per heavy atom. The van der Waals surface area contributed by atoms with Gasteiger partial charge in [-0.3, -0.25) is 4.79 Å². The lowest BCUT2D eigenvalue weighted by Crippen LogP contribution is -2.40. The minimum absolute atomic E-state index is 0.101. The van der Waals surface area contributed by atoms with E-state index in [1.54, 1.807) is 0 Å². The second-order valence-electron chi connectivity index (χ2n) is 5.34. The molecule has 2 unspecified atom stereocenters. The lowest BCUT2D eigenvalue weighted by atomic mass is 9.69. The Morgan fingerprint density at radius 2 is 2.20 bits per heavy atom. The number of esters is 1. The Kier molecular flexibility index (Phi) is 4.14. The van der Waals surface area contributed by atoms with Gasteiger partial charge in [0.1, 0.15) is 0 Å². The minimum Gasteiger partial charge on any atom is -0.466 e. The van der Waals surface area contributed by atoms with Gasteiger partial charge in [0.15, 0.2) is 0 Å². The average Bonchev–Trinajstić information content (AvgIpc) is 2.11. The normalized spacial score (nSPS) is 29.9. The third-order valence-corrected chi connectivity index (χ3v) is 3.31. The van der Waals surface area contributed by atoms with Gasteiger partial charge in [-0.2, -0.15) is 0 Å². The molecule has 88 valence electrons. The van der Waals surface area contributed by atoms with Gasteiger partial charge < -0.3 is 10.5 Å². The van der Waals surface area contributed by atoms with Gasteiger partial charge in [0.05, 0.1) is 6.61 Å². The van der Waals surface area contributed by atoms with Gasteiger partial charge in [-0.25, -0.2) is 0 Å². The summed E-state index contributed by atoms with van der Waals surface area (Å²) in [7, 11) is 0. The molecule has 3 nitrogen and oxygen atoms in total. The summed E-state index contributed by atoms with van der Waals surface area (Å²) in [6, 6.07) is 0.169. The van der Waals surface area contributed by atoms with Crippen LogP contribution in [0.4, 0.5) is 0 Å².